The molecule has 2 aliphatic heterocycles. The Kier molecular flexibility index (Phi) is 4.24. The molecule has 0 aromatic heterocycles. The van der Waals surface area contributed by atoms with Crippen LogP contribution in [0.15, 0.2) is 18.2 Å². The Bertz CT molecular complexity index is 532. The second-order valence-corrected chi connectivity index (χ2v) is 6.03. The molecule has 5 heteroatoms. The van der Waals surface area contributed by atoms with E-state index < -0.39 is 0 Å². The monoisotopic (exact) mass is 289 g/mol. The van der Waals surface area contributed by atoms with Crippen LogP contribution in [0.3, 0.4) is 0 Å². The second-order valence-electron chi connectivity index (χ2n) is 6.03. The molecule has 1 saturated heterocycles. The normalized spacial score (nSPS) is 25.2. The van der Waals surface area contributed by atoms with Crippen LogP contribution >= 0.6 is 0 Å². The summed E-state index contributed by atoms with van der Waals surface area (Å²) in [6.45, 7) is 3.20. The highest BCUT2D eigenvalue weighted by atomic mass is 16.3. The highest BCUT2D eigenvalue weighted by Gasteiger charge is 2.24. The molecule has 0 aliphatic carbocycles. The predicted octanol–water partition coefficient (Wildman–Crippen LogP) is 0.266. The maximum absolute atomic E-state index is 11.7. The van der Waals surface area contributed by atoms with E-state index in [-0.39, 0.29) is 12.0 Å². The van der Waals surface area contributed by atoms with Crippen LogP contribution in [0.5, 0.6) is 0 Å². The molecule has 114 valence electrons. The fourth-order valence-electron chi connectivity index (χ4n) is 3.15. The first-order chi connectivity index (χ1) is 10.1. The van der Waals surface area contributed by atoms with E-state index in [1.807, 2.05) is 13.1 Å². The zero-order valence-electron chi connectivity index (χ0n) is 12.4. The van der Waals surface area contributed by atoms with Crippen molar-refractivity contribution < 1.29 is 9.90 Å². The van der Waals surface area contributed by atoms with Gasteiger partial charge in [0.1, 0.15) is 0 Å². The number of aliphatic hydroxyl groups is 1. The fraction of sp³-hybridized carbons (Fsp3) is 0.562. The van der Waals surface area contributed by atoms with Crippen molar-refractivity contribution in [2.45, 2.75) is 25.5 Å². The number of hydrogen-bond donors (Lipinski definition) is 3. The van der Waals surface area contributed by atoms with Crippen LogP contribution in [0.4, 0.5) is 5.69 Å². The summed E-state index contributed by atoms with van der Waals surface area (Å²) in [6, 6.07) is 6.30. The average molecular weight is 289 g/mol. The minimum Gasteiger partial charge on any atom is -0.391 e. The Morgan fingerprint density at radius 3 is 3.00 bits per heavy atom. The Hall–Kier alpha value is -1.43. The van der Waals surface area contributed by atoms with E-state index in [1.54, 1.807) is 4.90 Å². The van der Waals surface area contributed by atoms with Gasteiger partial charge in [0, 0.05) is 51.3 Å². The van der Waals surface area contributed by atoms with Crippen molar-refractivity contribution in [2.75, 3.05) is 31.6 Å². The number of benzene rings is 1. The molecule has 0 saturated carbocycles. The van der Waals surface area contributed by atoms with Gasteiger partial charge in [-0.3, -0.25) is 4.79 Å². The number of carbonyl (C=O) groups is 1. The van der Waals surface area contributed by atoms with Gasteiger partial charge in [0.2, 0.25) is 5.91 Å². The molecule has 2 unspecified atom stereocenters. The number of carbonyl (C=O) groups excluding carboxylic acids is 1. The van der Waals surface area contributed by atoms with Gasteiger partial charge in [-0.25, -0.2) is 0 Å². The van der Waals surface area contributed by atoms with E-state index in [9.17, 15) is 9.90 Å². The fourth-order valence-corrected chi connectivity index (χ4v) is 3.15. The van der Waals surface area contributed by atoms with E-state index in [2.05, 4.69) is 22.8 Å². The molecule has 1 aromatic rings. The minimum absolute atomic E-state index is 0.191. The highest BCUT2D eigenvalue weighted by molar-refractivity contribution is 5.95. The summed E-state index contributed by atoms with van der Waals surface area (Å²) in [5, 5.41) is 16.4. The molecule has 0 bridgehead atoms. The molecule has 1 fully saturated rings. The van der Waals surface area contributed by atoms with Crippen molar-refractivity contribution in [3.8, 4) is 0 Å². The number of anilines is 1. The number of aliphatic hydroxyl groups excluding tert-OH is 1. The standard InChI is InChI=1S/C16H23N3O2/c1-19-14-4-2-11(6-12(14)3-5-16(19)21)7-17-8-13-9-18-10-15(13)20/h2,4,6,13,15,17-18,20H,3,5,7-10H2,1H3. The van der Waals surface area contributed by atoms with Crippen LogP contribution in [-0.2, 0) is 17.8 Å². The van der Waals surface area contributed by atoms with Crippen molar-refractivity contribution in [3.63, 3.8) is 0 Å². The lowest BCUT2D eigenvalue weighted by molar-refractivity contribution is -0.118. The molecule has 5 nitrogen and oxygen atoms in total. The van der Waals surface area contributed by atoms with E-state index >= 15 is 0 Å². The third kappa shape index (κ3) is 3.10. The summed E-state index contributed by atoms with van der Waals surface area (Å²) in [4.78, 5) is 13.4. The van der Waals surface area contributed by atoms with Gasteiger partial charge in [0.15, 0.2) is 0 Å². The lowest BCUT2D eigenvalue weighted by atomic mass is 9.99. The molecule has 1 amide bonds. The maximum atomic E-state index is 11.7. The molecule has 3 rings (SSSR count). The Morgan fingerprint density at radius 1 is 1.38 bits per heavy atom. The topological polar surface area (TPSA) is 64.6 Å². The number of nitrogens with one attached hydrogen (secondary N) is 2. The number of amides is 1. The summed E-state index contributed by atoms with van der Waals surface area (Å²) >= 11 is 0. The van der Waals surface area contributed by atoms with Gasteiger partial charge in [-0.05, 0) is 23.6 Å². The lowest BCUT2D eigenvalue weighted by Gasteiger charge is -2.26. The van der Waals surface area contributed by atoms with Crippen molar-refractivity contribution in [3.05, 3.63) is 29.3 Å². The number of fused-ring (bicyclic) bond motifs is 1. The molecule has 2 aliphatic rings. The summed E-state index contributed by atoms with van der Waals surface area (Å²) in [5.41, 5.74) is 3.52. The second kappa shape index (κ2) is 6.13. The molecular formula is C16H23N3O2. The third-order valence-corrected chi connectivity index (χ3v) is 4.53. The number of hydrogen-bond acceptors (Lipinski definition) is 4. The van der Waals surface area contributed by atoms with Gasteiger partial charge < -0.3 is 20.6 Å². The predicted molar refractivity (Wildman–Crippen MR) is 82.2 cm³/mol. The van der Waals surface area contributed by atoms with E-state index in [1.165, 1.54) is 11.1 Å². The van der Waals surface area contributed by atoms with Crippen molar-refractivity contribution in [1.29, 1.82) is 0 Å². The largest absolute Gasteiger partial charge is 0.391 e. The molecule has 0 radical (unpaired) electrons. The van der Waals surface area contributed by atoms with E-state index in [4.69, 9.17) is 0 Å². The first kappa shape index (κ1) is 14.5. The lowest BCUT2D eigenvalue weighted by Crippen LogP contribution is -2.31. The Balaban J connectivity index is 1.58. The van der Waals surface area contributed by atoms with E-state index in [0.29, 0.717) is 18.9 Å². The number of nitrogens with zero attached hydrogens (tertiary/aromatic N) is 1. The van der Waals surface area contributed by atoms with Crippen LogP contribution < -0.4 is 15.5 Å². The van der Waals surface area contributed by atoms with Crippen LogP contribution in [0, 0.1) is 5.92 Å². The van der Waals surface area contributed by atoms with Crippen LogP contribution in [0.2, 0.25) is 0 Å². The maximum Gasteiger partial charge on any atom is 0.227 e. The zero-order valence-corrected chi connectivity index (χ0v) is 12.4. The first-order valence-electron chi connectivity index (χ1n) is 7.63. The minimum atomic E-state index is -0.235. The zero-order chi connectivity index (χ0) is 14.8. The number of β-amino-alcohol motifs (C(OH)–C–C–N with tert-alkyl or cyclic N) is 1. The van der Waals surface area contributed by atoms with Crippen molar-refractivity contribution in [2.24, 2.45) is 5.92 Å². The van der Waals surface area contributed by atoms with Crippen molar-refractivity contribution >= 4 is 11.6 Å². The van der Waals surface area contributed by atoms with E-state index in [0.717, 1.165) is 31.7 Å². The van der Waals surface area contributed by atoms with Crippen LogP contribution in [0.1, 0.15) is 17.5 Å². The van der Waals surface area contributed by atoms with Gasteiger partial charge in [0.05, 0.1) is 6.10 Å². The van der Waals surface area contributed by atoms with Crippen molar-refractivity contribution in [1.82, 2.24) is 10.6 Å². The van der Waals surface area contributed by atoms with Gasteiger partial charge in [-0.2, -0.15) is 0 Å². The molecule has 1 aromatic carbocycles. The molecule has 2 heterocycles. The Labute approximate surface area is 125 Å². The molecule has 3 N–H and O–H groups in total. The van der Waals surface area contributed by atoms with Gasteiger partial charge in [0.25, 0.3) is 0 Å². The number of aryl methyl sites for hydroxylation is 1. The van der Waals surface area contributed by atoms with Gasteiger partial charge in [-0.1, -0.05) is 12.1 Å². The van der Waals surface area contributed by atoms with Crippen LogP contribution in [0.25, 0.3) is 0 Å². The highest BCUT2D eigenvalue weighted by Crippen LogP contribution is 2.27. The Morgan fingerprint density at radius 2 is 2.24 bits per heavy atom. The summed E-state index contributed by atoms with van der Waals surface area (Å²) in [6.07, 6.45) is 1.19. The summed E-state index contributed by atoms with van der Waals surface area (Å²) < 4.78 is 0. The number of rotatable bonds is 4. The first-order valence-corrected chi connectivity index (χ1v) is 7.63. The smallest absolute Gasteiger partial charge is 0.227 e. The van der Waals surface area contributed by atoms with Crippen LogP contribution in [-0.4, -0.2) is 43.8 Å². The third-order valence-electron chi connectivity index (χ3n) is 4.53. The average Bonchev–Trinajstić information content (AvgIpc) is 2.89. The molecule has 21 heavy (non-hydrogen) atoms. The molecule has 0 spiro atoms. The SMILES string of the molecule is CN1C(=O)CCc2cc(CNCC3CNCC3O)ccc21. The van der Waals surface area contributed by atoms with Gasteiger partial charge in [-0.15, -0.1) is 0 Å². The molecular weight excluding hydrogens is 266 g/mol. The molecule has 2 atom stereocenters. The quantitative estimate of drug-likeness (QED) is 0.744. The van der Waals surface area contributed by atoms with Gasteiger partial charge >= 0.3 is 0 Å². The summed E-state index contributed by atoms with van der Waals surface area (Å²) in [7, 11) is 1.84. The summed E-state index contributed by atoms with van der Waals surface area (Å²) in [5.74, 6) is 0.488.